The maximum Gasteiger partial charge on any atom is 0.262 e. The lowest BCUT2D eigenvalue weighted by Crippen LogP contribution is -2.54. The first-order chi connectivity index (χ1) is 27.5. The molecule has 4 fully saturated rings. The number of anilines is 2. The van der Waals surface area contributed by atoms with Crippen molar-refractivity contribution in [3.8, 4) is 6.07 Å². The van der Waals surface area contributed by atoms with E-state index < -0.39 is 29.7 Å². The van der Waals surface area contributed by atoms with Crippen LogP contribution >= 0.6 is 11.6 Å². The Labute approximate surface area is 337 Å². The number of hydrogen-bond acceptors (Lipinski definition) is 9. The number of hydrogen-bond donors (Lipinski definition) is 1. The first kappa shape index (κ1) is 37.3. The second-order valence-electron chi connectivity index (χ2n) is 16.8. The maximum atomic E-state index is 13.6. The van der Waals surface area contributed by atoms with Crippen molar-refractivity contribution >= 4 is 52.5 Å². The molecule has 0 aromatic heterocycles. The van der Waals surface area contributed by atoms with Crippen LogP contribution in [0, 0.1) is 16.7 Å². The van der Waals surface area contributed by atoms with E-state index in [0.29, 0.717) is 59.0 Å². The van der Waals surface area contributed by atoms with Gasteiger partial charge in [-0.25, -0.2) is 0 Å². The Kier molecular flexibility index (Phi) is 9.56. The summed E-state index contributed by atoms with van der Waals surface area (Å²) in [7, 11) is 0. The first-order valence-corrected chi connectivity index (χ1v) is 20.6. The molecule has 1 unspecified atom stereocenters. The summed E-state index contributed by atoms with van der Waals surface area (Å²) in [6.45, 7) is 8.02. The van der Waals surface area contributed by atoms with E-state index in [0.717, 1.165) is 92.1 Å². The van der Waals surface area contributed by atoms with Crippen molar-refractivity contribution in [2.24, 2.45) is 5.41 Å². The van der Waals surface area contributed by atoms with Gasteiger partial charge in [0.05, 0.1) is 21.7 Å². The van der Waals surface area contributed by atoms with Crippen molar-refractivity contribution in [1.82, 2.24) is 20.0 Å². The Morgan fingerprint density at radius 1 is 0.842 bits per heavy atom. The molecular formula is C44H46ClN7O5. The number of nitriles is 1. The molecule has 0 bridgehead atoms. The van der Waals surface area contributed by atoms with Crippen molar-refractivity contribution < 1.29 is 24.0 Å². The summed E-state index contributed by atoms with van der Waals surface area (Å²) in [4.78, 5) is 74.9. The highest BCUT2D eigenvalue weighted by atomic mass is 35.5. The quantitative estimate of drug-likeness (QED) is 0.348. The number of benzene rings is 3. The van der Waals surface area contributed by atoms with Crippen molar-refractivity contribution in [3.63, 3.8) is 0 Å². The van der Waals surface area contributed by atoms with Crippen molar-refractivity contribution in [3.05, 3.63) is 93.0 Å². The Hall–Kier alpha value is -5.25. The summed E-state index contributed by atoms with van der Waals surface area (Å²) >= 11 is 6.38. The summed E-state index contributed by atoms with van der Waals surface area (Å²) in [5, 5.41) is 12.0. The molecule has 9 rings (SSSR count). The minimum absolute atomic E-state index is 0.0591. The molecule has 3 aromatic carbocycles. The number of nitrogens with one attached hydrogen (secondary N) is 1. The highest BCUT2D eigenvalue weighted by Gasteiger charge is 2.46. The number of halogens is 1. The van der Waals surface area contributed by atoms with Gasteiger partial charge in [-0.1, -0.05) is 11.6 Å². The molecule has 294 valence electrons. The average Bonchev–Trinajstić information content (AvgIpc) is 3.67. The fourth-order valence-corrected chi connectivity index (χ4v) is 10.5. The molecule has 3 aromatic rings. The first-order valence-electron chi connectivity index (χ1n) is 20.2. The van der Waals surface area contributed by atoms with Gasteiger partial charge in [-0.05, 0) is 123 Å². The van der Waals surface area contributed by atoms with Gasteiger partial charge in [0.2, 0.25) is 11.8 Å². The Balaban J connectivity index is 0.772. The van der Waals surface area contributed by atoms with Crippen molar-refractivity contribution in [2.45, 2.75) is 83.0 Å². The van der Waals surface area contributed by atoms with Crippen LogP contribution in [0.3, 0.4) is 0 Å². The number of rotatable bonds is 5. The molecule has 4 saturated heterocycles. The third-order valence-electron chi connectivity index (χ3n) is 13.5. The number of imide groups is 2. The number of fused-ring (bicyclic) bond motifs is 2. The lowest BCUT2D eigenvalue weighted by atomic mass is 9.76. The van der Waals surface area contributed by atoms with E-state index in [2.05, 4.69) is 45.1 Å². The summed E-state index contributed by atoms with van der Waals surface area (Å²) in [5.74, 6) is -1.89. The molecule has 2 atom stereocenters. The molecule has 5 amide bonds. The Morgan fingerprint density at radius 2 is 1.53 bits per heavy atom. The Bertz CT molecular complexity index is 2220. The molecule has 6 aliphatic rings. The summed E-state index contributed by atoms with van der Waals surface area (Å²) in [6.07, 6.45) is 6.01. The zero-order chi connectivity index (χ0) is 39.6. The molecule has 57 heavy (non-hydrogen) atoms. The van der Waals surface area contributed by atoms with Crippen LogP contribution in [0.15, 0.2) is 54.6 Å². The number of piperidine rings is 3. The van der Waals surface area contributed by atoms with E-state index in [9.17, 15) is 29.2 Å². The lowest BCUT2D eigenvalue weighted by Gasteiger charge is -2.41. The fraction of sp³-hybridized carbons (Fsp3) is 0.455. The minimum Gasteiger partial charge on any atom is -0.371 e. The monoisotopic (exact) mass is 787 g/mol. The number of amides is 5. The van der Waals surface area contributed by atoms with E-state index >= 15 is 0 Å². The van der Waals surface area contributed by atoms with Gasteiger partial charge in [0.1, 0.15) is 12.1 Å². The van der Waals surface area contributed by atoms with Gasteiger partial charge < -0.3 is 14.7 Å². The molecule has 13 heteroatoms. The SMILES string of the molecule is C[C@H]1CC2(CCN(c3ccc(C(=O)N4CCC(N5CCc6cc7c(cc6C5)C(=O)N(C5CCC(=O)NC5=O)C7=O)CC4)cc3)CC2)CN1c1ccc(C#N)c(Cl)c1. The summed E-state index contributed by atoms with van der Waals surface area (Å²) in [5.41, 5.74) is 6.40. The van der Waals surface area contributed by atoms with Crippen molar-refractivity contribution in [2.75, 3.05) is 49.1 Å². The molecule has 0 saturated carbocycles. The van der Waals surface area contributed by atoms with E-state index in [1.807, 2.05) is 47.4 Å². The number of carbonyl (C=O) groups excluding carboxylic acids is 5. The van der Waals surface area contributed by atoms with Crippen molar-refractivity contribution in [1.29, 1.82) is 5.26 Å². The van der Waals surface area contributed by atoms with Crippen LogP contribution in [-0.4, -0.2) is 102 Å². The van der Waals surface area contributed by atoms with E-state index in [1.165, 1.54) is 0 Å². The van der Waals surface area contributed by atoms with E-state index in [4.69, 9.17) is 11.6 Å². The summed E-state index contributed by atoms with van der Waals surface area (Å²) in [6, 6.07) is 19.4. The smallest absolute Gasteiger partial charge is 0.262 e. The van der Waals surface area contributed by atoms with Gasteiger partial charge in [-0.3, -0.25) is 39.1 Å². The standard InChI is InChI=1S/C44H46ClN7O5/c1-27-23-44(26-51(27)34-7-4-30(24-46)37(45)22-34)13-18-48(19-14-44)32-5-2-28(3-6-32)41(55)49-16-11-33(12-17-49)50-15-10-29-20-35-36(21-31(29)25-50)43(57)52(42(35)56)38-8-9-39(53)47-40(38)54/h2-7,20-22,27,33,38H,8-19,23,25-26H2,1H3,(H,47,53,54)/t27-,38?/m0/s1. The zero-order valence-corrected chi connectivity index (χ0v) is 32.9. The molecule has 12 nitrogen and oxygen atoms in total. The van der Waals surface area contributed by atoms with Gasteiger partial charge in [-0.2, -0.15) is 5.26 Å². The van der Waals surface area contributed by atoms with Crippen LogP contribution in [0.2, 0.25) is 5.02 Å². The maximum absolute atomic E-state index is 13.6. The van der Waals surface area contributed by atoms with Crippen LogP contribution in [-0.2, 0) is 22.6 Å². The second kappa shape index (κ2) is 14.6. The van der Waals surface area contributed by atoms with Gasteiger partial charge in [0, 0.05) is 81.3 Å². The highest BCUT2D eigenvalue weighted by molar-refractivity contribution is 6.32. The third-order valence-corrected chi connectivity index (χ3v) is 13.9. The number of nitrogens with zero attached hydrogens (tertiary/aromatic N) is 6. The van der Waals surface area contributed by atoms with Gasteiger partial charge >= 0.3 is 0 Å². The van der Waals surface area contributed by atoms with Crippen LogP contribution in [0.4, 0.5) is 11.4 Å². The number of likely N-dealkylation sites (tertiary alicyclic amines) is 1. The molecule has 0 radical (unpaired) electrons. The lowest BCUT2D eigenvalue weighted by molar-refractivity contribution is -0.136. The zero-order valence-electron chi connectivity index (χ0n) is 32.1. The number of carbonyl (C=O) groups is 5. The molecule has 6 heterocycles. The molecule has 0 aliphatic carbocycles. The Morgan fingerprint density at radius 3 is 2.19 bits per heavy atom. The molecule has 1 spiro atoms. The fourth-order valence-electron chi connectivity index (χ4n) is 10.3. The van der Waals surface area contributed by atoms with E-state index in [-0.39, 0.29) is 24.2 Å². The second-order valence-corrected chi connectivity index (χ2v) is 17.3. The van der Waals surface area contributed by atoms with Gasteiger partial charge in [0.25, 0.3) is 17.7 Å². The van der Waals surface area contributed by atoms with E-state index in [1.54, 1.807) is 0 Å². The predicted molar refractivity (Wildman–Crippen MR) is 214 cm³/mol. The van der Waals surface area contributed by atoms with Crippen LogP contribution in [0.25, 0.3) is 0 Å². The third kappa shape index (κ3) is 6.74. The topological polar surface area (TPSA) is 137 Å². The highest BCUT2D eigenvalue weighted by Crippen LogP contribution is 2.46. The van der Waals surface area contributed by atoms with Crippen LogP contribution < -0.4 is 15.1 Å². The predicted octanol–water partition coefficient (Wildman–Crippen LogP) is 5.16. The minimum atomic E-state index is -0.977. The van der Waals surface area contributed by atoms with Crippen LogP contribution in [0.1, 0.15) is 99.6 Å². The van der Waals surface area contributed by atoms with Crippen LogP contribution in [0.5, 0.6) is 0 Å². The normalized spacial score (nSPS) is 23.8. The van der Waals surface area contributed by atoms with Gasteiger partial charge in [0.15, 0.2) is 0 Å². The summed E-state index contributed by atoms with van der Waals surface area (Å²) < 4.78 is 0. The average molecular weight is 788 g/mol. The van der Waals surface area contributed by atoms with Gasteiger partial charge in [-0.15, -0.1) is 0 Å². The molecule has 1 N–H and O–H groups in total. The molecule has 6 aliphatic heterocycles. The molecular weight excluding hydrogens is 742 g/mol. The largest absolute Gasteiger partial charge is 0.371 e.